The van der Waals surface area contributed by atoms with Gasteiger partial charge < -0.3 is 15.6 Å². The van der Waals surface area contributed by atoms with E-state index in [4.69, 9.17) is 0 Å². The number of carbonyl (C=O) groups excluding carboxylic acids is 1. The van der Waals surface area contributed by atoms with Crippen molar-refractivity contribution < 1.29 is 4.79 Å². The van der Waals surface area contributed by atoms with E-state index >= 15 is 0 Å². The third kappa shape index (κ3) is 3.14. The lowest BCUT2D eigenvalue weighted by atomic mass is 9.77. The van der Waals surface area contributed by atoms with Gasteiger partial charge in [-0.25, -0.2) is 10.2 Å². The average molecular weight is 387 g/mol. The van der Waals surface area contributed by atoms with Gasteiger partial charge in [0.05, 0.1) is 0 Å². The van der Waals surface area contributed by atoms with Crippen molar-refractivity contribution in [2.75, 3.05) is 0 Å². The molecule has 1 aliphatic heterocycles. The summed E-state index contributed by atoms with van der Waals surface area (Å²) in [5.41, 5.74) is 6.93. The van der Waals surface area contributed by atoms with Crippen LogP contribution in [-0.4, -0.2) is 29.3 Å². The maximum atomic E-state index is 13.0. The molecule has 0 saturated heterocycles. The predicted molar refractivity (Wildman–Crippen MR) is 111 cm³/mol. The highest BCUT2D eigenvalue weighted by Gasteiger charge is 2.53. The number of hydrazine groups is 1. The van der Waals surface area contributed by atoms with E-state index in [0.29, 0.717) is 23.4 Å². The fourth-order valence-electron chi connectivity index (χ4n) is 7.15. The van der Waals surface area contributed by atoms with Gasteiger partial charge in [0.25, 0.3) is 0 Å². The molecule has 1 heterocycles. The molecule has 0 aromatic heterocycles. The highest BCUT2D eigenvalue weighted by Crippen LogP contribution is 2.56. The van der Waals surface area contributed by atoms with Crippen LogP contribution in [0.25, 0.3) is 0 Å². The fraction of sp³-hybridized carbons (Fsp3) is 0.870. The zero-order chi connectivity index (χ0) is 19.3. The Morgan fingerprint density at radius 2 is 1.86 bits per heavy atom. The number of hydrogen-bond donors (Lipinski definition) is 3. The first-order valence-electron chi connectivity index (χ1n) is 11.9. The maximum absolute atomic E-state index is 13.0. The van der Waals surface area contributed by atoms with E-state index in [-0.39, 0.29) is 12.2 Å². The smallest absolute Gasteiger partial charge is 0.316 e. The highest BCUT2D eigenvalue weighted by atomic mass is 16.2. The normalized spacial score (nSPS) is 40.7. The molecule has 2 bridgehead atoms. The first-order valence-corrected chi connectivity index (χ1v) is 11.9. The summed E-state index contributed by atoms with van der Waals surface area (Å²) in [4.78, 5) is 13.0. The molecule has 0 spiro atoms. The second-order valence-corrected chi connectivity index (χ2v) is 10.5. The fourth-order valence-corrected chi connectivity index (χ4v) is 7.15. The van der Waals surface area contributed by atoms with Gasteiger partial charge in [0.15, 0.2) is 0 Å². The molecule has 0 radical (unpaired) electrons. The minimum absolute atomic E-state index is 0.0149. The molecule has 5 nitrogen and oxygen atoms in total. The minimum Gasteiger partial charge on any atom is -0.335 e. The van der Waals surface area contributed by atoms with Crippen LogP contribution < -0.4 is 16.1 Å². The van der Waals surface area contributed by atoms with Gasteiger partial charge in [-0.05, 0) is 80.6 Å². The van der Waals surface area contributed by atoms with E-state index in [2.05, 4.69) is 34.9 Å². The standard InChI is InChI=1S/C23H38N4O/c1-15-16-12-13-23(2,14-16)20(15)24-22(28)25-21-18-10-6-7-11-19(18)27(26-21)17-8-4-3-5-9-17/h15-17,20-21,26H,3-14H2,1-2H3,(H2,24,25,28). The second-order valence-electron chi connectivity index (χ2n) is 10.5. The maximum Gasteiger partial charge on any atom is 0.316 e. The molecular formula is C23H38N4O. The monoisotopic (exact) mass is 386 g/mol. The lowest BCUT2D eigenvalue weighted by molar-refractivity contribution is 0.132. The quantitative estimate of drug-likeness (QED) is 0.673. The summed E-state index contributed by atoms with van der Waals surface area (Å²) in [6, 6.07) is 0.948. The summed E-state index contributed by atoms with van der Waals surface area (Å²) in [6.07, 6.45) is 15.3. The van der Waals surface area contributed by atoms with Gasteiger partial charge in [-0.3, -0.25) is 0 Å². The average Bonchev–Trinajstić information content (AvgIpc) is 3.34. The molecule has 0 aromatic rings. The number of carbonyl (C=O) groups is 1. The minimum atomic E-state index is -0.0149. The molecule has 2 amide bonds. The van der Waals surface area contributed by atoms with E-state index < -0.39 is 0 Å². The second kappa shape index (κ2) is 7.23. The summed E-state index contributed by atoms with van der Waals surface area (Å²) in [7, 11) is 0. The predicted octanol–water partition coefficient (Wildman–Crippen LogP) is 4.42. The van der Waals surface area contributed by atoms with Crippen LogP contribution in [0.15, 0.2) is 11.3 Å². The topological polar surface area (TPSA) is 56.4 Å². The van der Waals surface area contributed by atoms with Crippen molar-refractivity contribution in [1.82, 2.24) is 21.1 Å². The van der Waals surface area contributed by atoms with Crippen molar-refractivity contribution in [2.45, 2.75) is 109 Å². The molecule has 156 valence electrons. The van der Waals surface area contributed by atoms with Gasteiger partial charge in [0.2, 0.25) is 0 Å². The van der Waals surface area contributed by atoms with Crippen LogP contribution in [0.1, 0.15) is 90.9 Å². The van der Waals surface area contributed by atoms with Gasteiger partial charge in [-0.2, -0.15) is 0 Å². The molecule has 5 atom stereocenters. The van der Waals surface area contributed by atoms with Gasteiger partial charge >= 0.3 is 6.03 Å². The zero-order valence-corrected chi connectivity index (χ0v) is 17.7. The summed E-state index contributed by atoms with van der Waals surface area (Å²) in [6.45, 7) is 4.71. The summed E-state index contributed by atoms with van der Waals surface area (Å²) in [5, 5.41) is 9.16. The molecule has 3 N–H and O–H groups in total. The van der Waals surface area contributed by atoms with Crippen LogP contribution in [0.5, 0.6) is 0 Å². The van der Waals surface area contributed by atoms with Crippen LogP contribution in [-0.2, 0) is 0 Å². The number of nitrogens with zero attached hydrogens (tertiary/aromatic N) is 1. The zero-order valence-electron chi connectivity index (χ0n) is 17.7. The number of urea groups is 1. The van der Waals surface area contributed by atoms with Gasteiger partial charge in [0.1, 0.15) is 6.17 Å². The lowest BCUT2D eigenvalue weighted by Crippen LogP contribution is -2.57. The van der Waals surface area contributed by atoms with Gasteiger partial charge in [0, 0.05) is 17.8 Å². The molecule has 5 aliphatic rings. The Bertz CT molecular complexity index is 655. The third-order valence-corrected chi connectivity index (χ3v) is 8.72. The van der Waals surface area contributed by atoms with Crippen LogP contribution in [0.2, 0.25) is 0 Å². The van der Waals surface area contributed by atoms with E-state index in [1.807, 2.05) is 0 Å². The summed E-state index contributed by atoms with van der Waals surface area (Å²) >= 11 is 0. The largest absolute Gasteiger partial charge is 0.335 e. The molecule has 3 fully saturated rings. The van der Waals surface area contributed by atoms with Crippen molar-refractivity contribution in [3.63, 3.8) is 0 Å². The number of allylic oxidation sites excluding steroid dienone is 1. The van der Waals surface area contributed by atoms with E-state index in [1.165, 1.54) is 75.5 Å². The molecule has 5 unspecified atom stereocenters. The van der Waals surface area contributed by atoms with Crippen LogP contribution in [0.3, 0.4) is 0 Å². The van der Waals surface area contributed by atoms with Crippen molar-refractivity contribution in [3.05, 3.63) is 11.3 Å². The third-order valence-electron chi connectivity index (χ3n) is 8.72. The van der Waals surface area contributed by atoms with Crippen molar-refractivity contribution >= 4 is 6.03 Å². The Kier molecular flexibility index (Phi) is 4.85. The summed E-state index contributed by atoms with van der Waals surface area (Å²) < 4.78 is 0. The molecular weight excluding hydrogens is 348 g/mol. The van der Waals surface area contributed by atoms with Crippen molar-refractivity contribution in [3.8, 4) is 0 Å². The Labute approximate surface area is 170 Å². The van der Waals surface area contributed by atoms with Crippen LogP contribution in [0.4, 0.5) is 4.79 Å². The number of hydrogen-bond acceptors (Lipinski definition) is 3. The van der Waals surface area contributed by atoms with Gasteiger partial charge in [-0.1, -0.05) is 33.1 Å². The van der Waals surface area contributed by atoms with Crippen LogP contribution >= 0.6 is 0 Å². The van der Waals surface area contributed by atoms with Crippen molar-refractivity contribution in [1.29, 1.82) is 0 Å². The molecule has 5 rings (SSSR count). The Hall–Kier alpha value is -1.23. The van der Waals surface area contributed by atoms with E-state index in [1.54, 1.807) is 0 Å². The molecule has 0 aromatic carbocycles. The van der Waals surface area contributed by atoms with Gasteiger partial charge in [-0.15, -0.1) is 0 Å². The number of nitrogens with one attached hydrogen (secondary N) is 3. The highest BCUT2D eigenvalue weighted by molar-refractivity contribution is 5.75. The molecule has 4 aliphatic carbocycles. The number of amides is 2. The first kappa shape index (κ1) is 18.8. The number of fused-ring (bicyclic) bond motifs is 2. The van der Waals surface area contributed by atoms with Crippen LogP contribution in [0, 0.1) is 17.3 Å². The molecule has 3 saturated carbocycles. The SMILES string of the molecule is CC1C2CCC(C)(C2)C1NC(=O)NC1NN(C2CCCCC2)C2=C1CCCC2. The van der Waals surface area contributed by atoms with Crippen molar-refractivity contribution in [2.24, 2.45) is 17.3 Å². The Balaban J connectivity index is 1.26. The van der Waals surface area contributed by atoms with E-state index in [0.717, 1.165) is 18.8 Å². The van der Waals surface area contributed by atoms with E-state index in [9.17, 15) is 4.79 Å². The first-order chi connectivity index (χ1) is 13.5. The Morgan fingerprint density at radius 1 is 1.07 bits per heavy atom. The molecule has 5 heteroatoms. The summed E-state index contributed by atoms with van der Waals surface area (Å²) in [5.74, 6) is 1.40. The Morgan fingerprint density at radius 3 is 2.61 bits per heavy atom. The lowest BCUT2D eigenvalue weighted by Gasteiger charge is -2.37. The number of rotatable bonds is 3. The molecule has 28 heavy (non-hydrogen) atoms.